The Bertz CT molecular complexity index is 446. The first-order chi connectivity index (χ1) is 11.1. The molecule has 1 saturated carbocycles. The van der Waals surface area contributed by atoms with Crippen molar-refractivity contribution < 1.29 is 9.63 Å². The average Bonchev–Trinajstić information content (AvgIpc) is 3.15. The Morgan fingerprint density at radius 3 is 2.61 bits per heavy atom. The summed E-state index contributed by atoms with van der Waals surface area (Å²) >= 11 is 2.61. The SMILES string of the molecule is CN1C2CC[C@@H]1C[C@H](C1CCC(I)CC1)C2C(=O)N1CCCO1. The van der Waals surface area contributed by atoms with E-state index >= 15 is 0 Å². The summed E-state index contributed by atoms with van der Waals surface area (Å²) in [6.07, 6.45) is 10.0. The van der Waals surface area contributed by atoms with Crippen molar-refractivity contribution in [3.8, 4) is 0 Å². The second kappa shape index (κ2) is 6.79. The van der Waals surface area contributed by atoms with Crippen LogP contribution in [0.25, 0.3) is 0 Å². The van der Waals surface area contributed by atoms with E-state index in [1.165, 1.54) is 44.9 Å². The highest BCUT2D eigenvalue weighted by Gasteiger charge is 2.52. The molecule has 2 unspecified atom stereocenters. The van der Waals surface area contributed by atoms with Crippen LogP contribution in [0.15, 0.2) is 0 Å². The number of nitrogens with zero attached hydrogens (tertiary/aromatic N) is 2. The summed E-state index contributed by atoms with van der Waals surface area (Å²) in [6.45, 7) is 1.51. The van der Waals surface area contributed by atoms with E-state index in [2.05, 4.69) is 34.5 Å². The summed E-state index contributed by atoms with van der Waals surface area (Å²) in [4.78, 5) is 21.4. The van der Waals surface area contributed by atoms with E-state index in [1.807, 2.05) is 0 Å². The smallest absolute Gasteiger partial charge is 0.251 e. The molecule has 1 aliphatic carbocycles. The third-order valence-corrected chi connectivity index (χ3v) is 8.15. The van der Waals surface area contributed by atoms with E-state index in [9.17, 15) is 4.79 Å². The lowest BCUT2D eigenvalue weighted by Gasteiger charge is -2.47. The number of carbonyl (C=O) groups excluding carboxylic acids is 1. The zero-order valence-electron chi connectivity index (χ0n) is 14.1. The van der Waals surface area contributed by atoms with E-state index in [1.54, 1.807) is 5.06 Å². The fraction of sp³-hybridized carbons (Fsp3) is 0.944. The Kier molecular flexibility index (Phi) is 4.89. The highest BCUT2D eigenvalue weighted by molar-refractivity contribution is 14.1. The van der Waals surface area contributed by atoms with Gasteiger partial charge in [0.1, 0.15) is 0 Å². The van der Waals surface area contributed by atoms with Crippen LogP contribution in [-0.4, -0.2) is 52.1 Å². The molecule has 23 heavy (non-hydrogen) atoms. The number of piperidine rings is 1. The summed E-state index contributed by atoms with van der Waals surface area (Å²) in [5, 5.41) is 1.70. The van der Waals surface area contributed by atoms with Crippen LogP contribution in [0.5, 0.6) is 0 Å². The van der Waals surface area contributed by atoms with Crippen LogP contribution < -0.4 is 0 Å². The summed E-state index contributed by atoms with van der Waals surface area (Å²) < 4.78 is 0.850. The van der Waals surface area contributed by atoms with Crippen LogP contribution in [0.4, 0.5) is 0 Å². The van der Waals surface area contributed by atoms with Crippen molar-refractivity contribution in [2.24, 2.45) is 17.8 Å². The fourth-order valence-corrected chi connectivity index (χ4v) is 6.35. The molecule has 2 bridgehead atoms. The van der Waals surface area contributed by atoms with Crippen molar-refractivity contribution in [3.05, 3.63) is 0 Å². The lowest BCUT2D eigenvalue weighted by atomic mass is 9.68. The first-order valence-corrected chi connectivity index (χ1v) is 10.7. The maximum absolute atomic E-state index is 13.2. The van der Waals surface area contributed by atoms with E-state index in [4.69, 9.17) is 4.84 Å². The molecule has 0 N–H and O–H groups in total. The van der Waals surface area contributed by atoms with Gasteiger partial charge in [-0.2, -0.15) is 0 Å². The fourth-order valence-electron chi connectivity index (χ4n) is 5.63. The number of amides is 1. The van der Waals surface area contributed by atoms with Gasteiger partial charge in [-0.25, -0.2) is 5.06 Å². The molecule has 4 rings (SSSR count). The zero-order valence-corrected chi connectivity index (χ0v) is 16.3. The molecule has 1 amide bonds. The molecule has 4 atom stereocenters. The van der Waals surface area contributed by atoms with E-state index in [-0.39, 0.29) is 5.92 Å². The highest BCUT2D eigenvalue weighted by Crippen LogP contribution is 2.48. The maximum Gasteiger partial charge on any atom is 0.251 e. The maximum atomic E-state index is 13.2. The first-order valence-electron chi connectivity index (χ1n) is 9.45. The Balaban J connectivity index is 1.56. The van der Waals surface area contributed by atoms with Gasteiger partial charge < -0.3 is 0 Å². The number of hydroxylamine groups is 2. The Morgan fingerprint density at radius 1 is 1.13 bits per heavy atom. The van der Waals surface area contributed by atoms with Gasteiger partial charge in [0.15, 0.2) is 0 Å². The summed E-state index contributed by atoms with van der Waals surface area (Å²) in [7, 11) is 2.24. The first kappa shape index (κ1) is 16.6. The number of halogens is 1. The molecule has 4 fully saturated rings. The van der Waals surface area contributed by atoms with Crippen LogP contribution in [-0.2, 0) is 9.63 Å². The summed E-state index contributed by atoms with van der Waals surface area (Å²) in [6, 6.07) is 1.17. The Morgan fingerprint density at radius 2 is 1.91 bits per heavy atom. The summed E-state index contributed by atoms with van der Waals surface area (Å²) in [5.74, 6) is 1.81. The van der Waals surface area contributed by atoms with Crippen LogP contribution in [0.3, 0.4) is 0 Å². The number of rotatable bonds is 2. The molecule has 0 aromatic rings. The Labute approximate surface area is 153 Å². The molecule has 130 valence electrons. The topological polar surface area (TPSA) is 32.8 Å². The monoisotopic (exact) mass is 432 g/mol. The third-order valence-electron chi connectivity index (χ3n) is 6.91. The van der Waals surface area contributed by atoms with E-state index < -0.39 is 0 Å². The number of hydrogen-bond acceptors (Lipinski definition) is 3. The molecule has 3 heterocycles. The minimum absolute atomic E-state index is 0.174. The van der Waals surface area contributed by atoms with Gasteiger partial charge in [0.2, 0.25) is 0 Å². The van der Waals surface area contributed by atoms with Crippen LogP contribution in [0.1, 0.15) is 51.4 Å². The van der Waals surface area contributed by atoms with Gasteiger partial charge in [0.05, 0.1) is 19.1 Å². The second-order valence-electron chi connectivity index (χ2n) is 8.03. The lowest BCUT2D eigenvalue weighted by Crippen LogP contribution is -2.54. The number of fused-ring (bicyclic) bond motifs is 2. The van der Waals surface area contributed by atoms with Crippen molar-refractivity contribution in [2.75, 3.05) is 20.2 Å². The van der Waals surface area contributed by atoms with Crippen molar-refractivity contribution in [2.45, 2.75) is 67.4 Å². The predicted molar refractivity (Wildman–Crippen MR) is 98.2 cm³/mol. The molecular weight excluding hydrogens is 403 g/mol. The van der Waals surface area contributed by atoms with Crippen molar-refractivity contribution in [3.63, 3.8) is 0 Å². The third kappa shape index (κ3) is 3.06. The standard InChI is InChI=1S/C18H29IN2O2/c1-20-14-7-8-16(20)17(18(22)21-9-2-10-23-21)15(11-14)12-3-5-13(19)6-4-12/h12-17H,2-11H2,1H3/t12?,13?,14-,15-,16?,17?/m1/s1. The average molecular weight is 432 g/mol. The van der Waals surface area contributed by atoms with Gasteiger partial charge >= 0.3 is 0 Å². The number of alkyl halides is 1. The molecule has 4 nitrogen and oxygen atoms in total. The van der Waals surface area contributed by atoms with Gasteiger partial charge in [-0.05, 0) is 70.3 Å². The van der Waals surface area contributed by atoms with Crippen LogP contribution in [0.2, 0.25) is 0 Å². The lowest BCUT2D eigenvalue weighted by molar-refractivity contribution is -0.181. The molecule has 3 aliphatic heterocycles. The number of hydrogen-bond donors (Lipinski definition) is 0. The van der Waals surface area contributed by atoms with Crippen molar-refractivity contribution in [1.29, 1.82) is 0 Å². The minimum atomic E-state index is 0.174. The quantitative estimate of drug-likeness (QED) is 0.496. The van der Waals surface area contributed by atoms with Gasteiger partial charge in [-0.3, -0.25) is 14.5 Å². The van der Waals surface area contributed by atoms with Crippen molar-refractivity contribution >= 4 is 28.5 Å². The molecule has 5 heteroatoms. The molecule has 0 radical (unpaired) electrons. The minimum Gasteiger partial charge on any atom is -0.300 e. The van der Waals surface area contributed by atoms with E-state index in [0.717, 1.165) is 22.8 Å². The molecule has 4 aliphatic rings. The van der Waals surface area contributed by atoms with Crippen molar-refractivity contribution in [1.82, 2.24) is 9.96 Å². The van der Waals surface area contributed by atoms with Gasteiger partial charge in [0, 0.05) is 16.0 Å². The van der Waals surface area contributed by atoms with Gasteiger partial charge in [0.25, 0.3) is 5.91 Å². The number of carbonyl (C=O) groups is 1. The molecule has 3 saturated heterocycles. The Hall–Kier alpha value is 0.120. The largest absolute Gasteiger partial charge is 0.300 e. The van der Waals surface area contributed by atoms with Gasteiger partial charge in [-0.1, -0.05) is 22.6 Å². The van der Waals surface area contributed by atoms with Gasteiger partial charge in [-0.15, -0.1) is 0 Å². The summed E-state index contributed by atoms with van der Waals surface area (Å²) in [5.41, 5.74) is 0. The zero-order chi connectivity index (χ0) is 16.0. The molecule has 0 spiro atoms. The van der Waals surface area contributed by atoms with Crippen LogP contribution in [0, 0.1) is 17.8 Å². The normalized spacial score (nSPS) is 44.7. The molecule has 0 aromatic heterocycles. The predicted octanol–water partition coefficient (Wildman–Crippen LogP) is 3.24. The second-order valence-corrected chi connectivity index (χ2v) is 9.79. The molecule has 0 aromatic carbocycles. The highest BCUT2D eigenvalue weighted by atomic mass is 127. The van der Waals surface area contributed by atoms with E-state index in [0.29, 0.717) is 30.5 Å². The van der Waals surface area contributed by atoms with Crippen LogP contribution >= 0.6 is 22.6 Å². The molecular formula is C18H29IN2O2.